The standard InChI is InChI=1S/C12H12BrNO4/c1-14-5-10(16)7-4-9(13)8(6-15)12-11(7)17-2-3-18-12/h4,6,14H,2-3,5H2,1H3. The van der Waals surface area contributed by atoms with Crippen molar-refractivity contribution in [3.8, 4) is 11.5 Å². The van der Waals surface area contributed by atoms with Crippen molar-refractivity contribution in [1.29, 1.82) is 0 Å². The minimum atomic E-state index is -0.114. The molecule has 0 spiro atoms. The first-order valence-electron chi connectivity index (χ1n) is 5.44. The summed E-state index contributed by atoms with van der Waals surface area (Å²) in [5.74, 6) is 0.578. The molecule has 0 unspecified atom stereocenters. The average molecular weight is 314 g/mol. The van der Waals surface area contributed by atoms with Gasteiger partial charge in [0.15, 0.2) is 23.6 Å². The number of ether oxygens (including phenoxy) is 2. The molecule has 96 valence electrons. The smallest absolute Gasteiger partial charge is 0.180 e. The van der Waals surface area contributed by atoms with Crippen LogP contribution in [0.15, 0.2) is 10.5 Å². The number of ketones is 1. The quantitative estimate of drug-likeness (QED) is 0.673. The lowest BCUT2D eigenvalue weighted by atomic mass is 10.0. The van der Waals surface area contributed by atoms with Gasteiger partial charge >= 0.3 is 0 Å². The fourth-order valence-corrected chi connectivity index (χ4v) is 2.27. The number of aldehydes is 1. The highest BCUT2D eigenvalue weighted by molar-refractivity contribution is 9.10. The van der Waals surface area contributed by atoms with Gasteiger partial charge in [-0.25, -0.2) is 0 Å². The Hall–Kier alpha value is -1.40. The maximum absolute atomic E-state index is 12.0. The summed E-state index contributed by atoms with van der Waals surface area (Å²) in [6.45, 7) is 0.930. The molecule has 0 fully saturated rings. The van der Waals surface area contributed by atoms with Crippen LogP contribution in [0, 0.1) is 0 Å². The molecule has 2 rings (SSSR count). The van der Waals surface area contributed by atoms with Gasteiger partial charge in [0, 0.05) is 4.47 Å². The minimum Gasteiger partial charge on any atom is -0.485 e. The SMILES string of the molecule is CNCC(=O)c1cc(Br)c(C=O)c2c1OCCO2. The molecule has 1 aromatic rings. The van der Waals surface area contributed by atoms with E-state index in [1.54, 1.807) is 13.1 Å². The van der Waals surface area contributed by atoms with E-state index in [-0.39, 0.29) is 12.3 Å². The number of carbonyl (C=O) groups is 2. The Labute approximate surface area is 113 Å². The zero-order chi connectivity index (χ0) is 13.1. The van der Waals surface area contributed by atoms with E-state index in [1.165, 1.54) is 0 Å². The Balaban J connectivity index is 2.57. The molecule has 0 saturated heterocycles. The van der Waals surface area contributed by atoms with E-state index in [2.05, 4.69) is 21.2 Å². The third-order valence-electron chi connectivity index (χ3n) is 2.56. The Bertz CT molecular complexity index is 501. The van der Waals surface area contributed by atoms with E-state index in [0.717, 1.165) is 0 Å². The van der Waals surface area contributed by atoms with E-state index in [9.17, 15) is 9.59 Å². The van der Waals surface area contributed by atoms with Crippen LogP contribution in [0.3, 0.4) is 0 Å². The number of likely N-dealkylation sites (N-methyl/N-ethyl adjacent to an activating group) is 1. The van der Waals surface area contributed by atoms with Crippen molar-refractivity contribution >= 4 is 28.0 Å². The predicted molar refractivity (Wildman–Crippen MR) is 68.8 cm³/mol. The second kappa shape index (κ2) is 5.49. The highest BCUT2D eigenvalue weighted by atomic mass is 79.9. The van der Waals surface area contributed by atoms with Crippen LogP contribution in [0.25, 0.3) is 0 Å². The Morgan fingerprint density at radius 3 is 2.72 bits per heavy atom. The number of fused-ring (bicyclic) bond motifs is 1. The molecule has 5 nitrogen and oxygen atoms in total. The van der Waals surface area contributed by atoms with Gasteiger partial charge in [-0.3, -0.25) is 9.59 Å². The molecule has 0 saturated carbocycles. The second-order valence-electron chi connectivity index (χ2n) is 3.75. The minimum absolute atomic E-state index is 0.114. The van der Waals surface area contributed by atoms with E-state index < -0.39 is 0 Å². The molecule has 0 aliphatic carbocycles. The number of benzene rings is 1. The van der Waals surface area contributed by atoms with Gasteiger partial charge in [-0.2, -0.15) is 0 Å². The maximum atomic E-state index is 12.0. The maximum Gasteiger partial charge on any atom is 0.180 e. The lowest BCUT2D eigenvalue weighted by Crippen LogP contribution is -2.23. The summed E-state index contributed by atoms with van der Waals surface area (Å²) in [5, 5.41) is 2.79. The molecule has 18 heavy (non-hydrogen) atoms. The molecule has 1 aliphatic rings. The summed E-state index contributed by atoms with van der Waals surface area (Å²) >= 11 is 3.27. The number of hydrogen-bond acceptors (Lipinski definition) is 5. The molecule has 0 aromatic heterocycles. The lowest BCUT2D eigenvalue weighted by molar-refractivity contribution is 0.0979. The molecule has 0 bridgehead atoms. The van der Waals surface area contributed by atoms with Gasteiger partial charge in [0.2, 0.25) is 0 Å². The van der Waals surface area contributed by atoms with Gasteiger partial charge in [-0.1, -0.05) is 0 Å². The molecular formula is C12H12BrNO4. The molecule has 1 heterocycles. The number of rotatable bonds is 4. The summed E-state index contributed by atoms with van der Waals surface area (Å²) in [6.07, 6.45) is 0.684. The van der Waals surface area contributed by atoms with Gasteiger partial charge in [0.1, 0.15) is 13.2 Å². The van der Waals surface area contributed by atoms with Crippen molar-refractivity contribution in [2.75, 3.05) is 26.8 Å². The van der Waals surface area contributed by atoms with Gasteiger partial charge in [0.05, 0.1) is 17.7 Å². The van der Waals surface area contributed by atoms with Crippen molar-refractivity contribution in [2.45, 2.75) is 0 Å². The fraction of sp³-hybridized carbons (Fsp3) is 0.333. The van der Waals surface area contributed by atoms with Gasteiger partial charge < -0.3 is 14.8 Å². The molecule has 1 aromatic carbocycles. The third-order valence-corrected chi connectivity index (χ3v) is 3.21. The number of Topliss-reactive ketones (excluding diaryl/α,β-unsaturated/α-hetero) is 1. The van der Waals surface area contributed by atoms with Crippen LogP contribution in [0.5, 0.6) is 11.5 Å². The first kappa shape index (κ1) is 13.0. The Morgan fingerprint density at radius 1 is 1.44 bits per heavy atom. The van der Waals surface area contributed by atoms with Crippen molar-refractivity contribution in [2.24, 2.45) is 0 Å². The Kier molecular flexibility index (Phi) is 3.98. The molecule has 6 heteroatoms. The van der Waals surface area contributed by atoms with Crippen LogP contribution < -0.4 is 14.8 Å². The molecule has 0 atom stereocenters. The summed E-state index contributed by atoms with van der Waals surface area (Å²) < 4.78 is 11.4. The number of carbonyl (C=O) groups excluding carboxylic acids is 2. The van der Waals surface area contributed by atoms with Crippen LogP contribution in [0.2, 0.25) is 0 Å². The highest BCUT2D eigenvalue weighted by Crippen LogP contribution is 2.40. The van der Waals surface area contributed by atoms with Crippen molar-refractivity contribution in [1.82, 2.24) is 5.32 Å². The van der Waals surface area contributed by atoms with E-state index in [1.807, 2.05) is 0 Å². The van der Waals surface area contributed by atoms with Gasteiger partial charge in [-0.15, -0.1) is 0 Å². The lowest BCUT2D eigenvalue weighted by Gasteiger charge is -2.22. The zero-order valence-electron chi connectivity index (χ0n) is 9.79. The molecule has 1 aliphatic heterocycles. The molecule has 1 N–H and O–H groups in total. The van der Waals surface area contributed by atoms with Crippen LogP contribution in [0.1, 0.15) is 20.7 Å². The summed E-state index contributed by atoms with van der Waals surface area (Å²) in [5.41, 5.74) is 0.780. The van der Waals surface area contributed by atoms with E-state index in [4.69, 9.17) is 9.47 Å². The highest BCUT2D eigenvalue weighted by Gasteiger charge is 2.25. The van der Waals surface area contributed by atoms with Crippen molar-refractivity contribution < 1.29 is 19.1 Å². The monoisotopic (exact) mass is 313 g/mol. The fourth-order valence-electron chi connectivity index (χ4n) is 1.77. The Morgan fingerprint density at radius 2 is 2.11 bits per heavy atom. The van der Waals surface area contributed by atoms with Crippen LogP contribution >= 0.6 is 15.9 Å². The summed E-state index contributed by atoms with van der Waals surface area (Å²) in [4.78, 5) is 23.0. The average Bonchev–Trinajstić information content (AvgIpc) is 2.38. The summed E-state index contributed by atoms with van der Waals surface area (Å²) in [7, 11) is 1.69. The van der Waals surface area contributed by atoms with E-state index >= 15 is 0 Å². The van der Waals surface area contributed by atoms with E-state index in [0.29, 0.717) is 46.6 Å². The second-order valence-corrected chi connectivity index (χ2v) is 4.60. The first-order valence-corrected chi connectivity index (χ1v) is 6.23. The molecule has 0 radical (unpaired) electrons. The largest absolute Gasteiger partial charge is 0.485 e. The van der Waals surface area contributed by atoms with Crippen LogP contribution in [0.4, 0.5) is 0 Å². The van der Waals surface area contributed by atoms with Crippen molar-refractivity contribution in [3.05, 3.63) is 21.7 Å². The first-order chi connectivity index (χ1) is 8.69. The number of nitrogens with one attached hydrogen (secondary N) is 1. The number of hydrogen-bond donors (Lipinski definition) is 1. The normalized spacial score (nSPS) is 13.2. The summed E-state index contributed by atoms with van der Waals surface area (Å²) in [6, 6.07) is 1.59. The molecular weight excluding hydrogens is 302 g/mol. The predicted octanol–water partition coefficient (Wildman–Crippen LogP) is 1.43. The molecule has 0 amide bonds. The third kappa shape index (κ3) is 2.26. The van der Waals surface area contributed by atoms with Crippen LogP contribution in [-0.4, -0.2) is 38.9 Å². The van der Waals surface area contributed by atoms with Gasteiger partial charge in [0.25, 0.3) is 0 Å². The van der Waals surface area contributed by atoms with Crippen molar-refractivity contribution in [3.63, 3.8) is 0 Å². The zero-order valence-corrected chi connectivity index (χ0v) is 11.4. The van der Waals surface area contributed by atoms with Crippen LogP contribution in [-0.2, 0) is 0 Å². The number of halogens is 1. The van der Waals surface area contributed by atoms with Gasteiger partial charge in [-0.05, 0) is 29.0 Å². The topological polar surface area (TPSA) is 64.6 Å².